The summed E-state index contributed by atoms with van der Waals surface area (Å²) in [5.41, 5.74) is 7.21. The molecule has 0 bridgehead atoms. The van der Waals surface area contributed by atoms with Gasteiger partial charge in [0.25, 0.3) is 0 Å². The molecule has 2 aromatic rings. The summed E-state index contributed by atoms with van der Waals surface area (Å²) >= 11 is 3.30. The lowest BCUT2D eigenvalue weighted by molar-refractivity contribution is 0.188. The maximum absolute atomic E-state index is 10.2. The normalized spacial score (nSPS) is 12.7. The number of nitrogens with zero attached hydrogens (tertiary/aromatic N) is 1. The van der Waals surface area contributed by atoms with Crippen molar-refractivity contribution >= 4 is 21.7 Å². The minimum Gasteiger partial charge on any atom is -0.465 e. The van der Waals surface area contributed by atoms with E-state index in [1.807, 2.05) is 6.92 Å². The van der Waals surface area contributed by atoms with Crippen LogP contribution in [0.1, 0.15) is 23.0 Å². The number of furan rings is 1. The van der Waals surface area contributed by atoms with Gasteiger partial charge in [0, 0.05) is 11.8 Å². The van der Waals surface area contributed by atoms with Gasteiger partial charge in [-0.25, -0.2) is 4.98 Å². The minimum atomic E-state index is -0.905. The first-order chi connectivity index (χ1) is 7.61. The van der Waals surface area contributed by atoms with E-state index >= 15 is 0 Å². The Bertz CT molecular complexity index is 490. The number of halogens is 1. The van der Waals surface area contributed by atoms with E-state index in [0.29, 0.717) is 21.6 Å². The van der Waals surface area contributed by atoms with E-state index in [1.54, 1.807) is 18.3 Å². The Balaban J connectivity index is 2.49. The average molecular weight is 283 g/mol. The fourth-order valence-corrected chi connectivity index (χ4v) is 2.00. The van der Waals surface area contributed by atoms with E-state index in [9.17, 15) is 5.11 Å². The average Bonchev–Trinajstić information content (AvgIpc) is 2.64. The molecule has 0 aliphatic heterocycles. The molecule has 1 unspecified atom stereocenters. The molecule has 0 aromatic carbocycles. The Hall–Kier alpha value is -1.33. The summed E-state index contributed by atoms with van der Waals surface area (Å²) in [7, 11) is 0. The molecule has 0 saturated carbocycles. The SMILES string of the molecule is Cc1ccnc(N)c1C(O)c1occc1Br. The third-order valence-corrected chi connectivity index (χ3v) is 3.06. The Kier molecular flexibility index (Phi) is 2.98. The lowest BCUT2D eigenvalue weighted by atomic mass is 10.0. The van der Waals surface area contributed by atoms with Crippen LogP contribution < -0.4 is 5.73 Å². The first-order valence-electron chi connectivity index (χ1n) is 4.73. The van der Waals surface area contributed by atoms with Gasteiger partial charge in [-0.1, -0.05) is 0 Å². The van der Waals surface area contributed by atoms with Gasteiger partial charge in [0.15, 0.2) is 5.76 Å². The third kappa shape index (κ3) is 1.83. The van der Waals surface area contributed by atoms with Crippen LogP contribution in [0.2, 0.25) is 0 Å². The maximum Gasteiger partial charge on any atom is 0.151 e. The van der Waals surface area contributed by atoms with Crippen molar-refractivity contribution < 1.29 is 9.52 Å². The predicted molar refractivity (Wildman–Crippen MR) is 63.9 cm³/mol. The van der Waals surface area contributed by atoms with Gasteiger partial charge in [-0.05, 0) is 40.5 Å². The standard InChI is InChI=1S/C11H11BrN2O2/c1-6-2-4-14-11(13)8(6)9(15)10-7(12)3-5-16-10/h2-5,9,15H,1H3,(H2,13,14). The van der Waals surface area contributed by atoms with Crippen molar-refractivity contribution in [1.82, 2.24) is 4.98 Å². The number of aliphatic hydroxyl groups excluding tert-OH is 1. The minimum absolute atomic E-state index is 0.316. The first-order valence-corrected chi connectivity index (χ1v) is 5.52. The van der Waals surface area contributed by atoms with Crippen molar-refractivity contribution in [1.29, 1.82) is 0 Å². The zero-order valence-corrected chi connectivity index (χ0v) is 10.2. The number of pyridine rings is 1. The van der Waals surface area contributed by atoms with Gasteiger partial charge in [0.2, 0.25) is 0 Å². The molecule has 0 radical (unpaired) electrons. The molecule has 16 heavy (non-hydrogen) atoms. The molecule has 3 N–H and O–H groups in total. The molecule has 0 spiro atoms. The molecule has 1 atom stereocenters. The number of aromatic nitrogens is 1. The van der Waals surface area contributed by atoms with Crippen LogP contribution in [0.25, 0.3) is 0 Å². The van der Waals surface area contributed by atoms with Crippen LogP contribution in [-0.4, -0.2) is 10.1 Å². The van der Waals surface area contributed by atoms with Crippen molar-refractivity contribution in [2.45, 2.75) is 13.0 Å². The number of hydrogen-bond donors (Lipinski definition) is 2. The number of aryl methyl sites for hydroxylation is 1. The lowest BCUT2D eigenvalue weighted by Gasteiger charge is -2.13. The quantitative estimate of drug-likeness (QED) is 0.887. The highest BCUT2D eigenvalue weighted by molar-refractivity contribution is 9.10. The van der Waals surface area contributed by atoms with Crippen LogP contribution >= 0.6 is 15.9 Å². The Morgan fingerprint density at radius 2 is 2.25 bits per heavy atom. The fraction of sp³-hybridized carbons (Fsp3) is 0.182. The number of aliphatic hydroxyl groups is 1. The third-order valence-electron chi connectivity index (χ3n) is 2.41. The summed E-state index contributed by atoms with van der Waals surface area (Å²) in [6.07, 6.45) is 2.21. The van der Waals surface area contributed by atoms with Crippen LogP contribution in [0.5, 0.6) is 0 Å². The molecule has 2 rings (SSSR count). The van der Waals surface area contributed by atoms with Crippen LogP contribution in [0, 0.1) is 6.92 Å². The van der Waals surface area contributed by atoms with Crippen molar-refractivity contribution in [3.05, 3.63) is 46.0 Å². The Morgan fingerprint density at radius 3 is 2.81 bits per heavy atom. The predicted octanol–water partition coefficient (Wildman–Crippen LogP) is 2.41. The summed E-state index contributed by atoms with van der Waals surface area (Å²) in [4.78, 5) is 3.96. The Labute approximate surface area is 101 Å². The van der Waals surface area contributed by atoms with E-state index in [2.05, 4.69) is 20.9 Å². The highest BCUT2D eigenvalue weighted by atomic mass is 79.9. The molecule has 5 heteroatoms. The Morgan fingerprint density at radius 1 is 1.50 bits per heavy atom. The van der Waals surface area contributed by atoms with Gasteiger partial charge in [0.1, 0.15) is 11.9 Å². The van der Waals surface area contributed by atoms with Gasteiger partial charge in [-0.3, -0.25) is 0 Å². The summed E-state index contributed by atoms with van der Waals surface area (Å²) < 4.78 is 5.92. The second-order valence-electron chi connectivity index (χ2n) is 3.46. The topological polar surface area (TPSA) is 72.3 Å². The van der Waals surface area contributed by atoms with Crippen molar-refractivity contribution in [3.63, 3.8) is 0 Å². The number of nitrogen functional groups attached to an aromatic ring is 1. The van der Waals surface area contributed by atoms with Crippen molar-refractivity contribution in [3.8, 4) is 0 Å². The zero-order valence-electron chi connectivity index (χ0n) is 8.64. The maximum atomic E-state index is 10.2. The first kappa shape index (κ1) is 11.2. The zero-order chi connectivity index (χ0) is 11.7. The van der Waals surface area contributed by atoms with Gasteiger partial charge >= 0.3 is 0 Å². The van der Waals surface area contributed by atoms with Crippen molar-refractivity contribution in [2.75, 3.05) is 5.73 Å². The highest BCUT2D eigenvalue weighted by Crippen LogP contribution is 2.32. The van der Waals surface area contributed by atoms with Crippen LogP contribution in [0.15, 0.2) is 33.5 Å². The molecule has 0 aliphatic carbocycles. The molecular weight excluding hydrogens is 272 g/mol. The van der Waals surface area contributed by atoms with Gasteiger partial charge in [-0.2, -0.15) is 0 Å². The summed E-state index contributed by atoms with van der Waals surface area (Å²) in [6.45, 7) is 1.87. The number of rotatable bonds is 2. The summed E-state index contributed by atoms with van der Waals surface area (Å²) in [5, 5.41) is 10.2. The summed E-state index contributed by atoms with van der Waals surface area (Å²) in [6, 6.07) is 3.52. The number of hydrogen-bond acceptors (Lipinski definition) is 4. The molecule has 0 aliphatic rings. The van der Waals surface area contributed by atoms with Gasteiger partial charge in [-0.15, -0.1) is 0 Å². The molecule has 2 heterocycles. The molecular formula is C11H11BrN2O2. The number of anilines is 1. The van der Waals surface area contributed by atoms with E-state index in [1.165, 1.54) is 6.26 Å². The second kappa shape index (κ2) is 4.27. The van der Waals surface area contributed by atoms with Gasteiger partial charge in [0.05, 0.1) is 10.7 Å². The van der Waals surface area contributed by atoms with Gasteiger partial charge < -0.3 is 15.3 Å². The molecule has 84 valence electrons. The highest BCUT2D eigenvalue weighted by Gasteiger charge is 2.21. The molecule has 0 fully saturated rings. The van der Waals surface area contributed by atoms with Crippen LogP contribution in [-0.2, 0) is 0 Å². The monoisotopic (exact) mass is 282 g/mol. The summed E-state index contributed by atoms with van der Waals surface area (Å²) in [5.74, 6) is 0.749. The second-order valence-corrected chi connectivity index (χ2v) is 4.32. The van der Waals surface area contributed by atoms with Crippen LogP contribution in [0.3, 0.4) is 0 Å². The van der Waals surface area contributed by atoms with E-state index in [4.69, 9.17) is 10.2 Å². The van der Waals surface area contributed by atoms with Crippen LogP contribution in [0.4, 0.5) is 5.82 Å². The smallest absolute Gasteiger partial charge is 0.151 e. The van der Waals surface area contributed by atoms with E-state index in [-0.39, 0.29) is 0 Å². The molecule has 0 saturated heterocycles. The lowest BCUT2D eigenvalue weighted by Crippen LogP contribution is -2.07. The molecule has 4 nitrogen and oxygen atoms in total. The fourth-order valence-electron chi connectivity index (χ4n) is 1.58. The van der Waals surface area contributed by atoms with E-state index in [0.717, 1.165) is 5.56 Å². The largest absolute Gasteiger partial charge is 0.465 e. The number of nitrogens with two attached hydrogens (primary N) is 1. The van der Waals surface area contributed by atoms with Crippen molar-refractivity contribution in [2.24, 2.45) is 0 Å². The molecule has 0 amide bonds. The molecule has 2 aromatic heterocycles. The van der Waals surface area contributed by atoms with E-state index < -0.39 is 6.10 Å².